The van der Waals surface area contributed by atoms with Crippen molar-refractivity contribution in [1.29, 1.82) is 0 Å². The zero-order valence-corrected chi connectivity index (χ0v) is 11.6. The zero-order chi connectivity index (χ0) is 14.5. The van der Waals surface area contributed by atoms with Gasteiger partial charge in [0.1, 0.15) is 0 Å². The first-order valence-corrected chi connectivity index (χ1v) is 6.86. The first-order chi connectivity index (χ1) is 9.59. The van der Waals surface area contributed by atoms with E-state index in [9.17, 15) is 9.59 Å². The van der Waals surface area contributed by atoms with Crippen LogP contribution >= 0.6 is 0 Å². The molecule has 0 unspecified atom stereocenters. The van der Waals surface area contributed by atoms with Crippen LogP contribution in [0.3, 0.4) is 0 Å². The molecule has 0 saturated heterocycles. The van der Waals surface area contributed by atoms with E-state index in [1.807, 2.05) is 0 Å². The molecule has 0 aromatic heterocycles. The molecule has 1 N–H and O–H groups in total. The second-order valence-electron chi connectivity index (χ2n) is 5.06. The normalized spacial score (nSPS) is 14.6. The molecular weight excluding hydrogens is 254 g/mol. The number of carboxylic acid groups (broad SMARTS) is 1. The summed E-state index contributed by atoms with van der Waals surface area (Å²) in [7, 11) is 1.63. The van der Waals surface area contributed by atoms with E-state index in [-0.39, 0.29) is 11.5 Å². The van der Waals surface area contributed by atoms with Gasteiger partial charge in [-0.05, 0) is 37.8 Å². The summed E-state index contributed by atoms with van der Waals surface area (Å²) in [5, 5.41) is 9.17. The molecule has 20 heavy (non-hydrogen) atoms. The third-order valence-electron chi connectivity index (χ3n) is 3.63. The van der Waals surface area contributed by atoms with Gasteiger partial charge in [-0.1, -0.05) is 23.8 Å². The molecule has 1 aromatic rings. The highest BCUT2D eigenvalue weighted by atomic mass is 16.4. The fraction of sp³-hybridized carbons (Fsp3) is 0.375. The van der Waals surface area contributed by atoms with Crippen LogP contribution < -0.4 is 4.90 Å². The molecule has 106 valence electrons. The summed E-state index contributed by atoms with van der Waals surface area (Å²) in [6, 6.07) is 6.58. The van der Waals surface area contributed by atoms with Crippen LogP contribution in [0.25, 0.3) is 0 Å². The maximum atomic E-state index is 12.3. The number of hydrogen-bond donors (Lipinski definition) is 1. The van der Waals surface area contributed by atoms with Gasteiger partial charge in [-0.3, -0.25) is 4.79 Å². The Balaban J connectivity index is 2.14. The minimum Gasteiger partial charge on any atom is -0.478 e. The number of hydrogen-bond acceptors (Lipinski definition) is 2. The zero-order valence-electron chi connectivity index (χ0n) is 11.6. The number of allylic oxidation sites excluding steroid dienone is 1. The van der Waals surface area contributed by atoms with Gasteiger partial charge < -0.3 is 10.0 Å². The molecule has 2 rings (SSSR count). The maximum Gasteiger partial charge on any atom is 0.337 e. The Hall–Kier alpha value is -2.10. The maximum absolute atomic E-state index is 12.3. The minimum absolute atomic E-state index is 0.0631. The van der Waals surface area contributed by atoms with E-state index >= 15 is 0 Å². The van der Waals surface area contributed by atoms with E-state index in [1.165, 1.54) is 23.0 Å². The smallest absolute Gasteiger partial charge is 0.337 e. The van der Waals surface area contributed by atoms with E-state index in [0.29, 0.717) is 12.1 Å². The molecule has 4 heteroatoms. The van der Waals surface area contributed by atoms with E-state index in [0.717, 1.165) is 19.3 Å². The number of carboxylic acids is 1. The Kier molecular flexibility index (Phi) is 4.56. The van der Waals surface area contributed by atoms with E-state index in [4.69, 9.17) is 5.11 Å². The lowest BCUT2D eigenvalue weighted by molar-refractivity contribution is -0.117. The Morgan fingerprint density at radius 2 is 2.00 bits per heavy atom. The van der Waals surface area contributed by atoms with Crippen molar-refractivity contribution in [3.8, 4) is 0 Å². The predicted octanol–water partition coefficient (Wildman–Crippen LogP) is 3.24. The lowest BCUT2D eigenvalue weighted by atomic mass is 9.97. The number of anilines is 1. The standard InChI is InChI=1S/C16H19NO3/c1-17(14-10-6-5-9-13(14)16(19)20)15(18)11-12-7-3-2-4-8-12/h5-7,9-10H,2-4,8,11H2,1H3,(H,19,20). The number of aromatic carboxylic acids is 1. The molecule has 0 fully saturated rings. The Bertz CT molecular complexity index is 548. The number of para-hydroxylation sites is 1. The molecule has 0 radical (unpaired) electrons. The lowest BCUT2D eigenvalue weighted by Gasteiger charge is -2.21. The second-order valence-corrected chi connectivity index (χ2v) is 5.06. The van der Waals surface area contributed by atoms with Crippen molar-refractivity contribution in [2.45, 2.75) is 32.1 Å². The fourth-order valence-corrected chi connectivity index (χ4v) is 2.46. The molecule has 0 atom stereocenters. The molecule has 1 aliphatic carbocycles. The molecule has 1 aromatic carbocycles. The van der Waals surface area contributed by atoms with Crippen LogP contribution in [0.4, 0.5) is 5.69 Å². The lowest BCUT2D eigenvalue weighted by Crippen LogP contribution is -2.28. The van der Waals surface area contributed by atoms with Crippen molar-refractivity contribution in [2.75, 3.05) is 11.9 Å². The van der Waals surface area contributed by atoms with Gasteiger partial charge in [-0.2, -0.15) is 0 Å². The van der Waals surface area contributed by atoms with Crippen molar-refractivity contribution >= 4 is 17.6 Å². The first-order valence-electron chi connectivity index (χ1n) is 6.86. The summed E-state index contributed by atoms with van der Waals surface area (Å²) in [5.41, 5.74) is 1.77. The summed E-state index contributed by atoms with van der Waals surface area (Å²) in [4.78, 5) is 24.9. The highest BCUT2D eigenvalue weighted by molar-refractivity contribution is 6.02. The van der Waals surface area contributed by atoms with Gasteiger partial charge in [0, 0.05) is 13.5 Å². The number of benzene rings is 1. The quantitative estimate of drug-likeness (QED) is 0.857. The summed E-state index contributed by atoms with van der Waals surface area (Å²) in [6.45, 7) is 0. The summed E-state index contributed by atoms with van der Waals surface area (Å²) < 4.78 is 0. The van der Waals surface area contributed by atoms with Crippen molar-refractivity contribution in [3.05, 3.63) is 41.5 Å². The van der Waals surface area contributed by atoms with E-state index < -0.39 is 5.97 Å². The number of amides is 1. The molecule has 0 saturated carbocycles. The average molecular weight is 273 g/mol. The summed E-state index contributed by atoms with van der Waals surface area (Å²) >= 11 is 0. The van der Waals surface area contributed by atoms with Crippen molar-refractivity contribution in [2.24, 2.45) is 0 Å². The highest BCUT2D eigenvalue weighted by Crippen LogP contribution is 2.24. The van der Waals surface area contributed by atoms with Gasteiger partial charge in [0.2, 0.25) is 5.91 Å². The van der Waals surface area contributed by atoms with Crippen LogP contribution in [0.5, 0.6) is 0 Å². The van der Waals surface area contributed by atoms with Crippen LogP contribution in [-0.2, 0) is 4.79 Å². The van der Waals surface area contributed by atoms with Crippen molar-refractivity contribution in [3.63, 3.8) is 0 Å². The molecule has 0 bridgehead atoms. The van der Waals surface area contributed by atoms with E-state index in [2.05, 4.69) is 6.08 Å². The molecule has 1 amide bonds. The molecule has 1 aliphatic rings. The third kappa shape index (κ3) is 3.26. The predicted molar refractivity (Wildman–Crippen MR) is 78.0 cm³/mol. The second kappa shape index (κ2) is 6.37. The number of carbonyl (C=O) groups is 2. The van der Waals surface area contributed by atoms with Crippen LogP contribution in [-0.4, -0.2) is 24.0 Å². The van der Waals surface area contributed by atoms with Gasteiger partial charge in [-0.15, -0.1) is 0 Å². The SMILES string of the molecule is CN(C(=O)CC1=CCCCC1)c1ccccc1C(=O)O. The van der Waals surface area contributed by atoms with Crippen LogP contribution in [0.2, 0.25) is 0 Å². The van der Waals surface area contributed by atoms with E-state index in [1.54, 1.807) is 25.2 Å². The van der Waals surface area contributed by atoms with Gasteiger partial charge in [0.05, 0.1) is 11.3 Å². The fourth-order valence-electron chi connectivity index (χ4n) is 2.46. The first kappa shape index (κ1) is 14.3. The number of carbonyl (C=O) groups excluding carboxylic acids is 1. The molecule has 0 spiro atoms. The van der Waals surface area contributed by atoms with Gasteiger partial charge in [0.25, 0.3) is 0 Å². The largest absolute Gasteiger partial charge is 0.478 e. The summed E-state index contributed by atoms with van der Waals surface area (Å²) in [6.07, 6.45) is 6.85. The topological polar surface area (TPSA) is 57.6 Å². The average Bonchev–Trinajstić information content (AvgIpc) is 2.47. The van der Waals surface area contributed by atoms with Crippen molar-refractivity contribution in [1.82, 2.24) is 0 Å². The Labute approximate surface area is 118 Å². The van der Waals surface area contributed by atoms with Crippen LogP contribution in [0.1, 0.15) is 42.5 Å². The third-order valence-corrected chi connectivity index (χ3v) is 3.63. The summed E-state index contributed by atoms with van der Waals surface area (Å²) in [5.74, 6) is -1.08. The number of nitrogens with zero attached hydrogens (tertiary/aromatic N) is 1. The van der Waals surface area contributed by atoms with Crippen LogP contribution in [0.15, 0.2) is 35.9 Å². The van der Waals surface area contributed by atoms with Crippen molar-refractivity contribution < 1.29 is 14.7 Å². The Morgan fingerprint density at radius 3 is 2.65 bits per heavy atom. The van der Waals surface area contributed by atoms with Crippen LogP contribution in [0, 0.1) is 0 Å². The van der Waals surface area contributed by atoms with Gasteiger partial charge in [-0.25, -0.2) is 4.79 Å². The number of rotatable bonds is 4. The Morgan fingerprint density at radius 1 is 1.25 bits per heavy atom. The minimum atomic E-state index is -1.02. The monoisotopic (exact) mass is 273 g/mol. The molecule has 4 nitrogen and oxygen atoms in total. The van der Waals surface area contributed by atoms with Gasteiger partial charge >= 0.3 is 5.97 Å². The molecule has 0 aliphatic heterocycles. The molecule has 0 heterocycles. The molecular formula is C16H19NO3. The van der Waals surface area contributed by atoms with Gasteiger partial charge in [0.15, 0.2) is 0 Å². The highest BCUT2D eigenvalue weighted by Gasteiger charge is 2.19.